The van der Waals surface area contributed by atoms with Crippen molar-refractivity contribution in [3.8, 4) is 0 Å². The summed E-state index contributed by atoms with van der Waals surface area (Å²) >= 11 is 0. The molecule has 0 aromatic rings. The summed E-state index contributed by atoms with van der Waals surface area (Å²) in [5.41, 5.74) is 0. The van der Waals surface area contributed by atoms with E-state index in [1.54, 1.807) is 18.3 Å². The van der Waals surface area contributed by atoms with E-state index in [9.17, 15) is 0 Å². The summed E-state index contributed by atoms with van der Waals surface area (Å²) in [5, 5.41) is 9.01. The molecule has 0 saturated heterocycles. The summed E-state index contributed by atoms with van der Waals surface area (Å²) in [7, 11) is 5.52. The average molecular weight is 196 g/mol. The van der Waals surface area contributed by atoms with Gasteiger partial charge in [0.05, 0.1) is 6.04 Å². The van der Waals surface area contributed by atoms with Crippen molar-refractivity contribution >= 4 is 12.4 Å². The first kappa shape index (κ1) is 12.8. The van der Waals surface area contributed by atoms with Gasteiger partial charge in [0, 0.05) is 38.6 Å². The average Bonchev–Trinajstić information content (AvgIpc) is 2.18. The molecule has 2 unspecified atom stereocenters. The van der Waals surface area contributed by atoms with E-state index in [1.165, 1.54) is 0 Å². The second-order valence-corrected chi connectivity index (χ2v) is 3.10. The lowest BCUT2D eigenvalue weighted by molar-refractivity contribution is 0.485. The van der Waals surface area contributed by atoms with Crippen LogP contribution in [0.1, 0.15) is 6.92 Å². The summed E-state index contributed by atoms with van der Waals surface area (Å²) < 4.78 is 0. The van der Waals surface area contributed by atoms with Gasteiger partial charge in [-0.05, 0) is 7.05 Å². The highest BCUT2D eigenvalue weighted by Gasteiger charge is 2.10. The minimum absolute atomic E-state index is 0.195. The molecule has 0 bridgehead atoms. The highest BCUT2D eigenvalue weighted by atomic mass is 15.4. The highest BCUT2D eigenvalue weighted by molar-refractivity contribution is 5.73. The molecule has 0 radical (unpaired) electrons. The molecule has 0 aliphatic carbocycles. The van der Waals surface area contributed by atoms with Crippen LogP contribution in [-0.2, 0) is 0 Å². The Hall–Kier alpha value is -1.16. The zero-order valence-electron chi connectivity index (χ0n) is 9.44. The van der Waals surface area contributed by atoms with Crippen molar-refractivity contribution in [2.45, 2.75) is 13.0 Å². The molecular weight excluding hydrogens is 176 g/mol. The van der Waals surface area contributed by atoms with Crippen LogP contribution >= 0.6 is 0 Å². The zero-order valence-corrected chi connectivity index (χ0v) is 9.44. The molecule has 80 valence electrons. The molecule has 0 aromatic heterocycles. The Morgan fingerprint density at radius 3 is 2.50 bits per heavy atom. The van der Waals surface area contributed by atoms with Gasteiger partial charge < -0.3 is 10.3 Å². The molecule has 0 heterocycles. The van der Waals surface area contributed by atoms with Gasteiger partial charge in [-0.15, -0.1) is 0 Å². The van der Waals surface area contributed by atoms with Crippen LogP contribution in [-0.4, -0.2) is 44.6 Å². The van der Waals surface area contributed by atoms with Crippen molar-refractivity contribution in [2.24, 2.45) is 16.0 Å². The van der Waals surface area contributed by atoms with Crippen LogP contribution in [0, 0.1) is 5.92 Å². The van der Waals surface area contributed by atoms with E-state index >= 15 is 0 Å². The molecule has 14 heavy (non-hydrogen) atoms. The molecule has 0 spiro atoms. The third-order valence-electron chi connectivity index (χ3n) is 1.96. The highest BCUT2D eigenvalue weighted by Crippen LogP contribution is 1.97. The smallest absolute Gasteiger partial charge is 0.0515 e. The molecule has 1 N–H and O–H groups in total. The normalized spacial score (nSPS) is 16.0. The molecule has 0 fully saturated rings. The third-order valence-corrected chi connectivity index (χ3v) is 1.96. The van der Waals surface area contributed by atoms with E-state index in [0.29, 0.717) is 5.92 Å². The maximum atomic E-state index is 4.18. The van der Waals surface area contributed by atoms with Gasteiger partial charge in [-0.3, -0.25) is 5.01 Å². The molecule has 0 saturated carbocycles. The van der Waals surface area contributed by atoms with Crippen molar-refractivity contribution in [2.75, 3.05) is 21.1 Å². The maximum Gasteiger partial charge on any atom is 0.0515 e. The summed E-state index contributed by atoms with van der Waals surface area (Å²) in [5.74, 6) is 0.326. The van der Waals surface area contributed by atoms with Crippen LogP contribution in [0.15, 0.2) is 22.9 Å². The number of hydrogen-bond acceptors (Lipinski definition) is 4. The summed E-state index contributed by atoms with van der Waals surface area (Å²) in [6.45, 7) is 5.70. The number of hydrazone groups is 1. The molecule has 4 nitrogen and oxygen atoms in total. The molecule has 0 aromatic carbocycles. The first-order chi connectivity index (χ1) is 6.65. The standard InChI is InChI=1S/C10H20N4/c1-6-14(5)13-8-10(12-4)9(2)7-11-3/h6-10,12H,1H2,2-5H3/b11-7?,13-8-. The third kappa shape index (κ3) is 4.77. The van der Waals surface area contributed by atoms with E-state index in [2.05, 4.69) is 28.9 Å². The fourth-order valence-corrected chi connectivity index (χ4v) is 1.03. The van der Waals surface area contributed by atoms with E-state index < -0.39 is 0 Å². The monoisotopic (exact) mass is 196 g/mol. The Kier molecular flexibility index (Phi) is 6.66. The van der Waals surface area contributed by atoms with Gasteiger partial charge >= 0.3 is 0 Å². The van der Waals surface area contributed by atoms with Crippen LogP contribution in [0.4, 0.5) is 0 Å². The number of hydrogen-bond donors (Lipinski definition) is 1. The SMILES string of the molecule is C=CN(C)/N=C\C(NC)C(C)C=NC. The Labute approximate surface area is 86.4 Å². The molecule has 2 atom stereocenters. The lowest BCUT2D eigenvalue weighted by Crippen LogP contribution is -2.34. The number of nitrogens with zero attached hydrogens (tertiary/aromatic N) is 3. The van der Waals surface area contributed by atoms with Crippen molar-refractivity contribution in [3.63, 3.8) is 0 Å². The van der Waals surface area contributed by atoms with Crippen LogP contribution < -0.4 is 5.32 Å². The Morgan fingerprint density at radius 1 is 1.43 bits per heavy atom. The molecule has 0 amide bonds. The van der Waals surface area contributed by atoms with Gasteiger partial charge in [0.2, 0.25) is 0 Å². The summed E-state index contributed by atoms with van der Waals surface area (Å²) in [4.78, 5) is 3.99. The number of rotatable bonds is 6. The van der Waals surface area contributed by atoms with Gasteiger partial charge in [-0.25, -0.2) is 0 Å². The van der Waals surface area contributed by atoms with Crippen molar-refractivity contribution in [1.82, 2.24) is 10.3 Å². The Balaban J connectivity index is 4.27. The second kappa shape index (κ2) is 7.26. The summed E-state index contributed by atoms with van der Waals surface area (Å²) in [6.07, 6.45) is 5.41. The van der Waals surface area contributed by atoms with E-state index in [-0.39, 0.29) is 6.04 Å². The molecular formula is C10H20N4. The van der Waals surface area contributed by atoms with Gasteiger partial charge in [0.15, 0.2) is 0 Å². The van der Waals surface area contributed by atoms with E-state index in [0.717, 1.165) is 0 Å². The topological polar surface area (TPSA) is 40.0 Å². The molecule has 0 aliphatic rings. The van der Waals surface area contributed by atoms with Gasteiger partial charge in [0.25, 0.3) is 0 Å². The van der Waals surface area contributed by atoms with E-state index in [4.69, 9.17) is 0 Å². The van der Waals surface area contributed by atoms with Gasteiger partial charge in [-0.2, -0.15) is 5.10 Å². The molecule has 0 rings (SSSR count). The lowest BCUT2D eigenvalue weighted by Gasteiger charge is -2.16. The quantitative estimate of drug-likeness (QED) is 0.508. The Bertz CT molecular complexity index is 210. The molecule has 4 heteroatoms. The predicted octanol–water partition coefficient (Wildman–Crippen LogP) is 0.972. The Morgan fingerprint density at radius 2 is 2.07 bits per heavy atom. The fourth-order valence-electron chi connectivity index (χ4n) is 1.03. The zero-order chi connectivity index (χ0) is 11.0. The van der Waals surface area contributed by atoms with Crippen LogP contribution in [0.5, 0.6) is 0 Å². The fraction of sp³-hybridized carbons (Fsp3) is 0.600. The summed E-state index contributed by atoms with van der Waals surface area (Å²) in [6, 6.07) is 0.195. The lowest BCUT2D eigenvalue weighted by atomic mass is 10.1. The van der Waals surface area contributed by atoms with Crippen LogP contribution in [0.3, 0.4) is 0 Å². The van der Waals surface area contributed by atoms with Gasteiger partial charge in [-0.1, -0.05) is 13.5 Å². The second-order valence-electron chi connectivity index (χ2n) is 3.10. The van der Waals surface area contributed by atoms with E-state index in [1.807, 2.05) is 26.5 Å². The minimum Gasteiger partial charge on any atom is -0.312 e. The first-order valence-electron chi connectivity index (χ1n) is 4.64. The number of aliphatic imine (C=N–C) groups is 1. The molecule has 0 aliphatic heterocycles. The minimum atomic E-state index is 0.195. The first-order valence-corrected chi connectivity index (χ1v) is 4.64. The van der Waals surface area contributed by atoms with Crippen LogP contribution in [0.25, 0.3) is 0 Å². The predicted molar refractivity (Wildman–Crippen MR) is 62.9 cm³/mol. The van der Waals surface area contributed by atoms with Crippen molar-refractivity contribution in [1.29, 1.82) is 0 Å². The van der Waals surface area contributed by atoms with Crippen molar-refractivity contribution < 1.29 is 0 Å². The maximum absolute atomic E-state index is 4.18. The van der Waals surface area contributed by atoms with Crippen LogP contribution in [0.2, 0.25) is 0 Å². The largest absolute Gasteiger partial charge is 0.312 e. The number of nitrogens with one attached hydrogen (secondary N) is 1. The van der Waals surface area contributed by atoms with Crippen molar-refractivity contribution in [3.05, 3.63) is 12.8 Å². The van der Waals surface area contributed by atoms with Gasteiger partial charge in [0.1, 0.15) is 0 Å².